The fourth-order valence-electron chi connectivity index (χ4n) is 6.50. The lowest BCUT2D eigenvalue weighted by molar-refractivity contribution is -0.0199. The number of rotatable bonds is 31. The lowest BCUT2D eigenvalue weighted by atomic mass is 10.1. The molecular formula is C50H69N7O11. The maximum absolute atomic E-state index is 13.5. The van der Waals surface area contributed by atoms with Gasteiger partial charge < -0.3 is 58.0 Å². The molecule has 0 aliphatic heterocycles. The molecule has 0 aliphatic carbocycles. The van der Waals surface area contributed by atoms with Gasteiger partial charge in [-0.15, -0.1) is 0 Å². The zero-order chi connectivity index (χ0) is 47.8. The summed E-state index contributed by atoms with van der Waals surface area (Å²) in [5.74, 6) is 3.03. The van der Waals surface area contributed by atoms with Crippen LogP contribution >= 0.6 is 0 Å². The minimum absolute atomic E-state index is 0. The van der Waals surface area contributed by atoms with Crippen LogP contribution in [0.3, 0.4) is 0 Å². The number of nitrogens with zero attached hydrogens (tertiary/aromatic N) is 4. The Morgan fingerprint density at radius 2 is 1.26 bits per heavy atom. The SMILES string of the molecule is COCCOCCOCCOCCOCCOCCOCCOc1cc(Nc2nccc(Oc3ccc(NC(=O)Nc4cc(C(C)C)nn4-c4ccc(C)cc4)c4ccccc34)n2)cc(OC)c1.[HH].[HH].[HH]. The van der Waals surface area contributed by atoms with Crippen molar-refractivity contribution in [1.29, 1.82) is 0 Å². The first kappa shape index (κ1) is 51.0. The highest BCUT2D eigenvalue weighted by Gasteiger charge is 2.17. The maximum atomic E-state index is 13.5. The van der Waals surface area contributed by atoms with Gasteiger partial charge >= 0.3 is 6.03 Å². The van der Waals surface area contributed by atoms with Crippen LogP contribution in [0.4, 0.5) is 27.9 Å². The van der Waals surface area contributed by atoms with E-state index in [0.717, 1.165) is 27.7 Å². The first-order valence-corrected chi connectivity index (χ1v) is 22.6. The fraction of sp³-hybridized carbons (Fsp3) is 0.400. The molecule has 2 amide bonds. The van der Waals surface area contributed by atoms with Crippen LogP contribution in [-0.4, -0.2) is 132 Å². The van der Waals surface area contributed by atoms with E-state index in [0.29, 0.717) is 139 Å². The molecule has 18 nitrogen and oxygen atoms in total. The van der Waals surface area contributed by atoms with E-state index in [1.165, 1.54) is 0 Å². The number of carbonyl (C=O) groups excluding carboxylic acids is 1. The van der Waals surface area contributed by atoms with Gasteiger partial charge in [0.15, 0.2) is 0 Å². The third kappa shape index (κ3) is 16.7. The van der Waals surface area contributed by atoms with E-state index >= 15 is 0 Å². The van der Waals surface area contributed by atoms with Crippen LogP contribution in [0.15, 0.2) is 97.2 Å². The van der Waals surface area contributed by atoms with Gasteiger partial charge in [0, 0.05) is 64.4 Å². The molecule has 0 atom stereocenters. The van der Waals surface area contributed by atoms with Crippen LogP contribution in [-0.2, 0) is 33.2 Å². The highest BCUT2D eigenvalue weighted by molar-refractivity contribution is 6.07. The number of hydrogen-bond acceptors (Lipinski definition) is 15. The molecule has 0 unspecified atom stereocenters. The molecule has 2 aromatic heterocycles. The number of fused-ring (bicyclic) bond motifs is 1. The molecule has 6 rings (SSSR count). The van der Waals surface area contributed by atoms with E-state index < -0.39 is 6.03 Å². The average Bonchev–Trinajstić information content (AvgIpc) is 3.77. The van der Waals surface area contributed by atoms with Crippen molar-refractivity contribution in [2.24, 2.45) is 0 Å². The number of nitrogens with one attached hydrogen (secondary N) is 3. The number of carbonyl (C=O) groups is 1. The standard InChI is InChI=1S/C50H63N7O11.3H2/c1-36(2)45-35-47(57(56-45)39-12-10-37(3)11-13-39)54-50(58)53-44-14-15-46(43-9-7-6-8-42(43)44)68-48-16-17-51-49(55-48)52-38-32-40(60-5)34-41(33-38)67-31-30-66-29-28-65-27-26-64-25-24-63-23-22-62-21-20-61-19-18-59-4;;;/h6-17,32-36H,18-31H2,1-5H3,(H,51,52,55)(H2,53,54,58);3*1H. The van der Waals surface area contributed by atoms with Crippen molar-refractivity contribution in [3.8, 4) is 28.8 Å². The molecule has 4 aromatic carbocycles. The number of urea groups is 1. The highest BCUT2D eigenvalue weighted by Crippen LogP contribution is 2.35. The average molecular weight is 944 g/mol. The van der Waals surface area contributed by atoms with Crippen LogP contribution < -0.4 is 30.2 Å². The zero-order valence-corrected chi connectivity index (χ0v) is 39.5. The summed E-state index contributed by atoms with van der Waals surface area (Å²) in [7, 11) is 3.22. The van der Waals surface area contributed by atoms with Crippen molar-refractivity contribution in [3.05, 3.63) is 108 Å². The highest BCUT2D eigenvalue weighted by atomic mass is 16.6. The second-order valence-corrected chi connectivity index (χ2v) is 15.5. The number of aromatic nitrogens is 4. The summed E-state index contributed by atoms with van der Waals surface area (Å²) in [5, 5.41) is 15.6. The Bertz CT molecular complexity index is 2450. The molecule has 0 saturated carbocycles. The number of anilines is 4. The summed E-state index contributed by atoms with van der Waals surface area (Å²) in [5.41, 5.74) is 4.09. The van der Waals surface area contributed by atoms with Crippen molar-refractivity contribution in [2.45, 2.75) is 26.7 Å². The molecule has 2 heterocycles. The molecule has 0 saturated heterocycles. The summed E-state index contributed by atoms with van der Waals surface area (Å²) in [6.07, 6.45) is 1.60. The van der Waals surface area contributed by atoms with E-state index in [1.54, 1.807) is 49.4 Å². The van der Waals surface area contributed by atoms with Crippen molar-refractivity contribution in [3.63, 3.8) is 0 Å². The second-order valence-electron chi connectivity index (χ2n) is 15.5. The second kappa shape index (κ2) is 28.1. The quantitative estimate of drug-likeness (QED) is 0.0350. The molecule has 0 spiro atoms. The third-order valence-corrected chi connectivity index (χ3v) is 9.98. The Hall–Kier alpha value is -6.38. The Morgan fingerprint density at radius 3 is 1.88 bits per heavy atom. The van der Waals surface area contributed by atoms with E-state index in [2.05, 4.69) is 39.8 Å². The van der Waals surface area contributed by atoms with Crippen LogP contribution in [0.2, 0.25) is 0 Å². The number of benzene rings is 4. The molecule has 3 N–H and O–H groups in total. The van der Waals surface area contributed by atoms with E-state index in [1.807, 2.05) is 73.7 Å². The summed E-state index contributed by atoms with van der Waals surface area (Å²) >= 11 is 0. The Morgan fingerprint density at radius 1 is 0.662 bits per heavy atom. The van der Waals surface area contributed by atoms with Gasteiger partial charge in [-0.2, -0.15) is 10.1 Å². The first-order chi connectivity index (χ1) is 33.3. The number of ether oxygens (including phenoxy) is 10. The van der Waals surface area contributed by atoms with Crippen molar-refractivity contribution >= 4 is 39.9 Å². The minimum atomic E-state index is -0.411. The number of methoxy groups -OCH3 is 2. The summed E-state index contributed by atoms with van der Waals surface area (Å²) in [6, 6.07) is 27.8. The monoisotopic (exact) mass is 944 g/mol. The summed E-state index contributed by atoms with van der Waals surface area (Å²) in [6.45, 7) is 12.8. The van der Waals surface area contributed by atoms with Gasteiger partial charge in [0.05, 0.1) is 110 Å². The Labute approximate surface area is 401 Å². The molecule has 6 aromatic rings. The third-order valence-electron chi connectivity index (χ3n) is 9.98. The molecular weight excluding hydrogens is 875 g/mol. The molecule has 68 heavy (non-hydrogen) atoms. The van der Waals surface area contributed by atoms with Crippen LogP contribution in [0.5, 0.6) is 23.1 Å². The van der Waals surface area contributed by atoms with Crippen molar-refractivity contribution in [1.82, 2.24) is 19.7 Å². The Balaban J connectivity index is 0.00000444. The van der Waals surface area contributed by atoms with Crippen molar-refractivity contribution < 1.29 is 56.4 Å². The minimum Gasteiger partial charge on any atom is -0.497 e. The predicted molar refractivity (Wildman–Crippen MR) is 266 cm³/mol. The molecule has 18 heteroatoms. The number of hydrogen-bond donors (Lipinski definition) is 3. The molecule has 370 valence electrons. The first-order valence-electron chi connectivity index (χ1n) is 22.6. The topological polar surface area (TPSA) is 189 Å². The number of amides is 2. The van der Waals surface area contributed by atoms with Gasteiger partial charge in [-0.05, 0) is 37.1 Å². The van der Waals surface area contributed by atoms with Crippen molar-refractivity contribution in [2.75, 3.05) is 123 Å². The van der Waals surface area contributed by atoms with Crippen LogP contribution in [0, 0.1) is 6.92 Å². The van der Waals surface area contributed by atoms with E-state index in [9.17, 15) is 4.79 Å². The van der Waals surface area contributed by atoms with Crippen LogP contribution in [0.1, 0.15) is 35.3 Å². The van der Waals surface area contributed by atoms with Gasteiger partial charge in [-0.25, -0.2) is 14.5 Å². The molecule has 0 bridgehead atoms. The molecule has 0 aliphatic rings. The summed E-state index contributed by atoms with van der Waals surface area (Å²) in [4.78, 5) is 22.5. The van der Waals surface area contributed by atoms with Gasteiger partial charge in [-0.3, -0.25) is 5.32 Å². The fourth-order valence-corrected chi connectivity index (χ4v) is 6.50. The maximum Gasteiger partial charge on any atom is 0.324 e. The zero-order valence-electron chi connectivity index (χ0n) is 39.5. The molecule has 0 radical (unpaired) electrons. The summed E-state index contributed by atoms with van der Waals surface area (Å²) < 4.78 is 57.6. The largest absolute Gasteiger partial charge is 0.497 e. The van der Waals surface area contributed by atoms with E-state index in [-0.39, 0.29) is 10.2 Å². The predicted octanol–water partition coefficient (Wildman–Crippen LogP) is 9.30. The number of aryl methyl sites for hydroxylation is 1. The van der Waals surface area contributed by atoms with Gasteiger partial charge in [0.2, 0.25) is 11.8 Å². The van der Waals surface area contributed by atoms with Gasteiger partial charge in [0.1, 0.15) is 29.7 Å². The van der Waals surface area contributed by atoms with Crippen LogP contribution in [0.25, 0.3) is 16.5 Å². The van der Waals surface area contributed by atoms with Gasteiger partial charge in [-0.1, -0.05) is 55.8 Å². The van der Waals surface area contributed by atoms with Gasteiger partial charge in [0.25, 0.3) is 0 Å². The smallest absolute Gasteiger partial charge is 0.324 e. The molecule has 0 fully saturated rings. The normalized spacial score (nSPS) is 11.3. The lowest BCUT2D eigenvalue weighted by Crippen LogP contribution is -2.21. The van der Waals surface area contributed by atoms with E-state index in [4.69, 9.17) is 52.5 Å². The lowest BCUT2D eigenvalue weighted by Gasteiger charge is -2.14. The Kier molecular flexibility index (Phi) is 21.1.